The highest BCUT2D eigenvalue weighted by molar-refractivity contribution is 6.30. The molecule has 2 N–H and O–H groups in total. The van der Waals surface area contributed by atoms with Gasteiger partial charge in [-0.05, 0) is 61.8 Å². The average Bonchev–Trinajstić information content (AvgIpc) is 3.54. The van der Waals surface area contributed by atoms with Gasteiger partial charge in [-0.2, -0.15) is 0 Å². The Hall–Kier alpha value is -1.95. The average molecular weight is 393 g/mol. The Bertz CT molecular complexity index is 719. The molecule has 6 nitrogen and oxygen atoms in total. The SMILES string of the molecule is CC1(COC(=O)N[C@H]2C[C@@H](NC(=O)COc3ccc(Cl)cc3)C3CC32)CC1. The number of carbonyl (C=O) groups excluding carboxylic acids is 2. The number of fused-ring (bicyclic) bond motifs is 1. The van der Waals surface area contributed by atoms with E-state index in [1.54, 1.807) is 24.3 Å². The smallest absolute Gasteiger partial charge is 0.407 e. The number of rotatable bonds is 7. The van der Waals surface area contributed by atoms with E-state index in [9.17, 15) is 9.59 Å². The predicted molar refractivity (Wildman–Crippen MR) is 101 cm³/mol. The zero-order valence-corrected chi connectivity index (χ0v) is 16.1. The van der Waals surface area contributed by atoms with Gasteiger partial charge in [-0.25, -0.2) is 4.79 Å². The summed E-state index contributed by atoms with van der Waals surface area (Å²) >= 11 is 5.83. The molecule has 1 aromatic carbocycles. The van der Waals surface area contributed by atoms with Crippen molar-refractivity contribution in [2.75, 3.05) is 13.2 Å². The van der Waals surface area contributed by atoms with Crippen LogP contribution in [0.5, 0.6) is 5.75 Å². The monoisotopic (exact) mass is 392 g/mol. The molecule has 0 saturated heterocycles. The molecule has 4 rings (SSSR count). The fourth-order valence-electron chi connectivity index (χ4n) is 3.83. The summed E-state index contributed by atoms with van der Waals surface area (Å²) in [6.45, 7) is 2.58. The first kappa shape index (κ1) is 18.4. The lowest BCUT2D eigenvalue weighted by Crippen LogP contribution is -2.42. The lowest BCUT2D eigenvalue weighted by Gasteiger charge is -2.19. The van der Waals surface area contributed by atoms with E-state index in [4.69, 9.17) is 21.1 Å². The quantitative estimate of drug-likeness (QED) is 0.747. The van der Waals surface area contributed by atoms with Gasteiger partial charge in [-0.15, -0.1) is 0 Å². The van der Waals surface area contributed by atoms with Gasteiger partial charge < -0.3 is 20.1 Å². The highest BCUT2D eigenvalue weighted by Crippen LogP contribution is 2.52. The van der Waals surface area contributed by atoms with Gasteiger partial charge in [-0.1, -0.05) is 18.5 Å². The Kier molecular flexibility index (Phi) is 4.93. The van der Waals surface area contributed by atoms with E-state index in [2.05, 4.69) is 17.6 Å². The molecule has 0 bridgehead atoms. The number of hydrogen-bond acceptors (Lipinski definition) is 4. The summed E-state index contributed by atoms with van der Waals surface area (Å²) in [6, 6.07) is 7.07. The minimum absolute atomic E-state index is 0.0335. The fourth-order valence-corrected chi connectivity index (χ4v) is 3.96. The van der Waals surface area contributed by atoms with Crippen LogP contribution >= 0.6 is 11.6 Å². The van der Waals surface area contributed by atoms with Crippen LogP contribution in [0.3, 0.4) is 0 Å². The first-order chi connectivity index (χ1) is 12.9. The number of halogens is 1. The van der Waals surface area contributed by atoms with E-state index in [0.29, 0.717) is 29.2 Å². The first-order valence-electron chi connectivity index (χ1n) is 9.53. The Morgan fingerprint density at radius 2 is 1.78 bits per heavy atom. The molecule has 1 aromatic rings. The summed E-state index contributed by atoms with van der Waals surface area (Å²) in [5, 5.41) is 6.65. The molecular formula is C20H25ClN2O4. The van der Waals surface area contributed by atoms with Crippen molar-refractivity contribution in [1.29, 1.82) is 0 Å². The van der Waals surface area contributed by atoms with E-state index in [0.717, 1.165) is 25.7 Å². The molecule has 2 unspecified atom stereocenters. The third-order valence-corrected chi connectivity index (χ3v) is 6.17. The molecule has 3 aliphatic carbocycles. The zero-order valence-electron chi connectivity index (χ0n) is 15.4. The number of hydrogen-bond donors (Lipinski definition) is 2. The molecule has 0 spiro atoms. The second kappa shape index (κ2) is 7.23. The number of carbonyl (C=O) groups is 2. The van der Waals surface area contributed by atoms with Crippen molar-refractivity contribution in [2.24, 2.45) is 17.3 Å². The fraction of sp³-hybridized carbons (Fsp3) is 0.600. The van der Waals surface area contributed by atoms with Crippen LogP contribution in [0, 0.1) is 17.3 Å². The molecule has 7 heteroatoms. The molecule has 0 aliphatic heterocycles. The highest BCUT2D eigenvalue weighted by atomic mass is 35.5. The normalized spacial score (nSPS) is 29.4. The predicted octanol–water partition coefficient (Wildman–Crippen LogP) is 3.14. The van der Waals surface area contributed by atoms with Gasteiger partial charge in [0.25, 0.3) is 5.91 Å². The lowest BCUT2D eigenvalue weighted by molar-refractivity contribution is -0.123. The maximum atomic E-state index is 12.2. The summed E-state index contributed by atoms with van der Waals surface area (Å²) in [5.41, 5.74) is 0.190. The third-order valence-electron chi connectivity index (χ3n) is 5.92. The summed E-state index contributed by atoms with van der Waals surface area (Å²) in [7, 11) is 0. The third kappa shape index (κ3) is 4.67. The standard InChI is InChI=1S/C20H25ClN2O4/c1-20(6-7-20)11-27-19(25)23-17-9-16(14-8-15(14)17)22-18(24)10-26-13-4-2-12(21)3-5-13/h2-5,14-17H,6-11H2,1H3,(H,22,24)(H,23,25)/t14?,15?,16-,17+/m1/s1. The summed E-state index contributed by atoms with van der Waals surface area (Å²) in [4.78, 5) is 24.2. The minimum Gasteiger partial charge on any atom is -0.484 e. The van der Waals surface area contributed by atoms with Crippen LogP contribution in [0.15, 0.2) is 24.3 Å². The van der Waals surface area contributed by atoms with Crippen LogP contribution < -0.4 is 15.4 Å². The summed E-state index contributed by atoms with van der Waals surface area (Å²) in [6.07, 6.45) is 3.69. The molecule has 3 fully saturated rings. The van der Waals surface area contributed by atoms with E-state index < -0.39 is 0 Å². The van der Waals surface area contributed by atoms with Gasteiger partial charge in [0, 0.05) is 22.5 Å². The van der Waals surface area contributed by atoms with Crippen LogP contribution in [0.4, 0.5) is 4.79 Å². The molecule has 0 aromatic heterocycles. The van der Waals surface area contributed by atoms with Crippen molar-refractivity contribution < 1.29 is 19.1 Å². The van der Waals surface area contributed by atoms with Crippen molar-refractivity contribution >= 4 is 23.6 Å². The van der Waals surface area contributed by atoms with Gasteiger partial charge in [-0.3, -0.25) is 4.79 Å². The molecule has 27 heavy (non-hydrogen) atoms. The van der Waals surface area contributed by atoms with E-state index in [1.165, 1.54) is 0 Å². The van der Waals surface area contributed by atoms with Crippen LogP contribution in [0.2, 0.25) is 5.02 Å². The van der Waals surface area contributed by atoms with Crippen LogP contribution in [-0.4, -0.2) is 37.3 Å². The van der Waals surface area contributed by atoms with Crippen molar-refractivity contribution in [3.05, 3.63) is 29.3 Å². The first-order valence-corrected chi connectivity index (χ1v) is 9.91. The number of benzene rings is 1. The van der Waals surface area contributed by atoms with Crippen molar-refractivity contribution in [3.63, 3.8) is 0 Å². The van der Waals surface area contributed by atoms with Crippen molar-refractivity contribution in [2.45, 2.75) is 44.7 Å². The molecule has 0 radical (unpaired) electrons. The number of alkyl carbamates (subject to hydrolysis) is 1. The van der Waals surface area contributed by atoms with E-state index in [1.807, 2.05) is 0 Å². The van der Waals surface area contributed by atoms with E-state index in [-0.39, 0.29) is 36.1 Å². The number of nitrogens with one attached hydrogen (secondary N) is 2. The highest BCUT2D eigenvalue weighted by Gasteiger charge is 2.55. The molecule has 4 atom stereocenters. The molecule has 3 aliphatic rings. The topological polar surface area (TPSA) is 76.7 Å². The molecule has 3 saturated carbocycles. The van der Waals surface area contributed by atoms with Crippen molar-refractivity contribution in [1.82, 2.24) is 10.6 Å². The number of ether oxygens (including phenoxy) is 2. The summed E-state index contributed by atoms with van der Waals surface area (Å²) in [5.74, 6) is 1.34. The summed E-state index contributed by atoms with van der Waals surface area (Å²) < 4.78 is 10.8. The Morgan fingerprint density at radius 1 is 1.11 bits per heavy atom. The Labute approximate surface area is 163 Å². The van der Waals surface area contributed by atoms with Crippen LogP contribution in [0.25, 0.3) is 0 Å². The van der Waals surface area contributed by atoms with Crippen LogP contribution in [0.1, 0.15) is 32.6 Å². The second-order valence-corrected chi connectivity index (χ2v) is 8.79. The van der Waals surface area contributed by atoms with Crippen molar-refractivity contribution in [3.8, 4) is 5.75 Å². The zero-order chi connectivity index (χ0) is 19.0. The van der Waals surface area contributed by atoms with Crippen LogP contribution in [-0.2, 0) is 9.53 Å². The number of amides is 2. The Morgan fingerprint density at radius 3 is 2.44 bits per heavy atom. The van der Waals surface area contributed by atoms with Gasteiger partial charge in [0.2, 0.25) is 0 Å². The Balaban J connectivity index is 1.18. The van der Waals surface area contributed by atoms with Gasteiger partial charge in [0.05, 0.1) is 6.61 Å². The molecule has 2 amide bonds. The second-order valence-electron chi connectivity index (χ2n) is 8.35. The molecule has 146 valence electrons. The van der Waals surface area contributed by atoms with Gasteiger partial charge >= 0.3 is 6.09 Å². The largest absolute Gasteiger partial charge is 0.484 e. The minimum atomic E-state index is -0.336. The van der Waals surface area contributed by atoms with Gasteiger partial charge in [0.15, 0.2) is 6.61 Å². The molecule has 0 heterocycles. The lowest BCUT2D eigenvalue weighted by atomic mass is 10.1. The van der Waals surface area contributed by atoms with E-state index >= 15 is 0 Å². The maximum absolute atomic E-state index is 12.2. The van der Waals surface area contributed by atoms with Gasteiger partial charge in [0.1, 0.15) is 5.75 Å². The maximum Gasteiger partial charge on any atom is 0.407 e. The molecular weight excluding hydrogens is 368 g/mol.